The maximum Gasteiger partial charge on any atom is 0.0958 e. The Hall–Kier alpha value is -1.61. The molecule has 2 aromatic rings. The molecular weight excluding hydrogens is 210 g/mol. The monoisotopic (exact) mass is 229 g/mol. The lowest BCUT2D eigenvalue weighted by atomic mass is 9.98. The van der Waals surface area contributed by atoms with Gasteiger partial charge < -0.3 is 5.73 Å². The first kappa shape index (κ1) is 11.9. The fourth-order valence-electron chi connectivity index (χ4n) is 2.12. The van der Waals surface area contributed by atoms with Crippen LogP contribution in [0.15, 0.2) is 18.2 Å². The molecule has 3 N–H and O–H groups in total. The molecule has 0 aliphatic heterocycles. The Morgan fingerprint density at radius 3 is 2.71 bits per heavy atom. The first-order valence-electron chi connectivity index (χ1n) is 5.95. The average Bonchev–Trinajstić information content (AvgIpc) is 2.65. The van der Waals surface area contributed by atoms with Crippen LogP contribution < -0.4 is 5.73 Å². The van der Waals surface area contributed by atoms with Crippen molar-refractivity contribution in [2.24, 2.45) is 5.73 Å². The van der Waals surface area contributed by atoms with Gasteiger partial charge in [0.05, 0.1) is 5.69 Å². The minimum Gasteiger partial charge on any atom is -0.330 e. The molecule has 2 rings (SSSR count). The summed E-state index contributed by atoms with van der Waals surface area (Å²) in [7, 11) is 0. The van der Waals surface area contributed by atoms with Crippen molar-refractivity contribution in [1.82, 2.24) is 10.2 Å². The summed E-state index contributed by atoms with van der Waals surface area (Å²) >= 11 is 0. The Bertz CT molecular complexity index is 526. The van der Waals surface area contributed by atoms with Crippen LogP contribution in [0.3, 0.4) is 0 Å². The molecule has 0 aliphatic rings. The number of nitrogens with one attached hydrogen (secondary N) is 1. The number of H-pyrrole nitrogens is 1. The maximum atomic E-state index is 5.66. The summed E-state index contributed by atoms with van der Waals surface area (Å²) in [6, 6.07) is 6.45. The van der Waals surface area contributed by atoms with Gasteiger partial charge in [-0.3, -0.25) is 5.10 Å². The van der Waals surface area contributed by atoms with E-state index >= 15 is 0 Å². The fraction of sp³-hybridized carbons (Fsp3) is 0.357. The molecule has 0 bridgehead atoms. The maximum absolute atomic E-state index is 5.66. The van der Waals surface area contributed by atoms with Crippen LogP contribution >= 0.6 is 0 Å². The smallest absolute Gasteiger partial charge is 0.0958 e. The Labute approximate surface area is 102 Å². The Morgan fingerprint density at radius 1 is 1.24 bits per heavy atom. The topological polar surface area (TPSA) is 54.7 Å². The van der Waals surface area contributed by atoms with Crippen molar-refractivity contribution < 1.29 is 0 Å². The first-order chi connectivity index (χ1) is 8.13. The van der Waals surface area contributed by atoms with E-state index in [-0.39, 0.29) is 0 Å². The summed E-state index contributed by atoms with van der Waals surface area (Å²) in [4.78, 5) is 0. The lowest BCUT2D eigenvalue weighted by Gasteiger charge is -2.07. The van der Waals surface area contributed by atoms with Gasteiger partial charge in [0.15, 0.2) is 0 Å². The number of aromatic nitrogens is 2. The molecule has 17 heavy (non-hydrogen) atoms. The van der Waals surface area contributed by atoms with Crippen LogP contribution in [0, 0.1) is 20.8 Å². The van der Waals surface area contributed by atoms with E-state index in [0.29, 0.717) is 6.54 Å². The second-order valence-electron chi connectivity index (χ2n) is 4.53. The van der Waals surface area contributed by atoms with Gasteiger partial charge in [0, 0.05) is 16.8 Å². The number of aryl methyl sites for hydroxylation is 3. The molecule has 0 saturated heterocycles. The molecule has 0 unspecified atom stereocenters. The van der Waals surface area contributed by atoms with Crippen molar-refractivity contribution in [2.75, 3.05) is 6.54 Å². The molecule has 90 valence electrons. The second kappa shape index (κ2) is 4.72. The van der Waals surface area contributed by atoms with Gasteiger partial charge in [-0.1, -0.05) is 17.7 Å². The van der Waals surface area contributed by atoms with Crippen LogP contribution in [-0.4, -0.2) is 16.7 Å². The molecule has 0 atom stereocenters. The first-order valence-corrected chi connectivity index (χ1v) is 5.95. The van der Waals surface area contributed by atoms with Gasteiger partial charge in [0.2, 0.25) is 0 Å². The van der Waals surface area contributed by atoms with E-state index < -0.39 is 0 Å². The summed E-state index contributed by atoms with van der Waals surface area (Å²) in [6.45, 7) is 6.92. The van der Waals surface area contributed by atoms with Crippen molar-refractivity contribution in [3.8, 4) is 11.3 Å². The molecule has 3 heteroatoms. The molecule has 1 aromatic carbocycles. The highest BCUT2D eigenvalue weighted by molar-refractivity contribution is 5.68. The third-order valence-electron chi connectivity index (χ3n) is 3.12. The summed E-state index contributed by atoms with van der Waals surface area (Å²) in [5, 5.41) is 7.49. The number of aromatic amines is 1. The number of benzene rings is 1. The van der Waals surface area contributed by atoms with Gasteiger partial charge >= 0.3 is 0 Å². The third kappa shape index (κ3) is 2.24. The number of hydrogen-bond donors (Lipinski definition) is 2. The molecule has 0 radical (unpaired) electrons. The van der Waals surface area contributed by atoms with E-state index in [1.807, 2.05) is 6.92 Å². The minimum atomic E-state index is 0.651. The van der Waals surface area contributed by atoms with E-state index in [1.165, 1.54) is 22.3 Å². The van der Waals surface area contributed by atoms with Crippen molar-refractivity contribution >= 4 is 0 Å². The summed E-state index contributed by atoms with van der Waals surface area (Å²) in [6.07, 6.45) is 0.866. The predicted octanol–water partition coefficient (Wildman–Crippen LogP) is 2.50. The van der Waals surface area contributed by atoms with Crippen LogP contribution in [0.2, 0.25) is 0 Å². The van der Waals surface area contributed by atoms with E-state index in [9.17, 15) is 0 Å². The molecule has 1 aromatic heterocycles. The quantitative estimate of drug-likeness (QED) is 0.849. The largest absolute Gasteiger partial charge is 0.330 e. The molecule has 3 nitrogen and oxygen atoms in total. The van der Waals surface area contributed by atoms with Gasteiger partial charge in [0.25, 0.3) is 0 Å². The van der Waals surface area contributed by atoms with Gasteiger partial charge in [-0.2, -0.15) is 5.10 Å². The third-order valence-corrected chi connectivity index (χ3v) is 3.12. The Kier molecular flexibility index (Phi) is 3.29. The van der Waals surface area contributed by atoms with Crippen LogP contribution in [-0.2, 0) is 6.42 Å². The van der Waals surface area contributed by atoms with E-state index in [1.54, 1.807) is 0 Å². The highest BCUT2D eigenvalue weighted by Crippen LogP contribution is 2.27. The molecule has 0 spiro atoms. The van der Waals surface area contributed by atoms with Crippen LogP contribution in [0.4, 0.5) is 0 Å². The van der Waals surface area contributed by atoms with Crippen LogP contribution in [0.1, 0.15) is 22.4 Å². The minimum absolute atomic E-state index is 0.651. The van der Waals surface area contributed by atoms with Crippen molar-refractivity contribution in [3.05, 3.63) is 40.6 Å². The lowest BCUT2D eigenvalue weighted by molar-refractivity contribution is 0.957. The molecule has 0 amide bonds. The summed E-state index contributed by atoms with van der Waals surface area (Å²) < 4.78 is 0. The standard InChI is InChI=1S/C14H19N3/c1-9-4-5-10(2)13(8-9)14-12(6-7-15)11(3)16-17-14/h4-5,8H,6-7,15H2,1-3H3,(H,16,17). The molecule has 0 saturated carbocycles. The Balaban J connectivity index is 2.56. The zero-order chi connectivity index (χ0) is 12.4. The highest BCUT2D eigenvalue weighted by Gasteiger charge is 2.13. The molecule has 0 aliphatic carbocycles. The Morgan fingerprint density at radius 2 is 2.00 bits per heavy atom. The molecule has 1 heterocycles. The number of hydrogen-bond acceptors (Lipinski definition) is 2. The summed E-state index contributed by atoms with van der Waals surface area (Å²) in [5.41, 5.74) is 12.8. The number of rotatable bonds is 3. The number of nitrogens with two attached hydrogens (primary N) is 1. The summed E-state index contributed by atoms with van der Waals surface area (Å²) in [5.74, 6) is 0. The van der Waals surface area contributed by atoms with Gasteiger partial charge in [0.1, 0.15) is 0 Å². The predicted molar refractivity (Wildman–Crippen MR) is 71.0 cm³/mol. The highest BCUT2D eigenvalue weighted by atomic mass is 15.1. The van der Waals surface area contributed by atoms with Crippen molar-refractivity contribution in [1.29, 1.82) is 0 Å². The van der Waals surface area contributed by atoms with Gasteiger partial charge in [-0.25, -0.2) is 0 Å². The zero-order valence-electron chi connectivity index (χ0n) is 10.7. The van der Waals surface area contributed by atoms with Crippen molar-refractivity contribution in [3.63, 3.8) is 0 Å². The van der Waals surface area contributed by atoms with Crippen LogP contribution in [0.5, 0.6) is 0 Å². The van der Waals surface area contributed by atoms with Gasteiger partial charge in [-0.05, 0) is 45.4 Å². The van der Waals surface area contributed by atoms with E-state index in [2.05, 4.69) is 42.2 Å². The molecular formula is C14H19N3. The fourth-order valence-corrected chi connectivity index (χ4v) is 2.12. The van der Waals surface area contributed by atoms with Crippen molar-refractivity contribution in [2.45, 2.75) is 27.2 Å². The average molecular weight is 229 g/mol. The van der Waals surface area contributed by atoms with E-state index in [0.717, 1.165) is 17.8 Å². The SMILES string of the molecule is Cc1ccc(C)c(-c2n[nH]c(C)c2CCN)c1. The lowest BCUT2D eigenvalue weighted by Crippen LogP contribution is -2.04. The van der Waals surface area contributed by atoms with E-state index in [4.69, 9.17) is 5.73 Å². The second-order valence-corrected chi connectivity index (χ2v) is 4.53. The van der Waals surface area contributed by atoms with Crippen LogP contribution in [0.25, 0.3) is 11.3 Å². The zero-order valence-corrected chi connectivity index (χ0v) is 10.7. The molecule has 0 fully saturated rings. The normalized spacial score (nSPS) is 10.8. The number of nitrogens with zero attached hydrogens (tertiary/aromatic N) is 1. The van der Waals surface area contributed by atoms with Gasteiger partial charge in [-0.15, -0.1) is 0 Å².